The van der Waals surface area contributed by atoms with Crippen molar-refractivity contribution in [2.24, 2.45) is 0 Å². The molecule has 0 aliphatic carbocycles. The fourth-order valence-corrected chi connectivity index (χ4v) is 1.23. The van der Waals surface area contributed by atoms with Gasteiger partial charge >= 0.3 is 0 Å². The second kappa shape index (κ2) is 2.94. The molecular formula is C10H10N2O. The summed E-state index contributed by atoms with van der Waals surface area (Å²) >= 11 is 0. The first kappa shape index (κ1) is 7.86. The summed E-state index contributed by atoms with van der Waals surface area (Å²) in [6.07, 6.45) is 1.68. The van der Waals surface area contributed by atoms with Gasteiger partial charge in [0.2, 0.25) is 0 Å². The molecule has 0 fully saturated rings. The van der Waals surface area contributed by atoms with E-state index in [1.807, 2.05) is 24.3 Å². The number of benzene rings is 1. The summed E-state index contributed by atoms with van der Waals surface area (Å²) in [7, 11) is 1.63. The van der Waals surface area contributed by atoms with Gasteiger partial charge in [0.25, 0.3) is 0 Å². The summed E-state index contributed by atoms with van der Waals surface area (Å²) < 4.78 is 5.06. The molecule has 2 aromatic rings. The maximum atomic E-state index is 5.62. The molecule has 66 valence electrons. The van der Waals surface area contributed by atoms with E-state index in [0.717, 1.165) is 22.3 Å². The topological polar surface area (TPSA) is 48.1 Å². The van der Waals surface area contributed by atoms with Crippen LogP contribution in [-0.2, 0) is 0 Å². The van der Waals surface area contributed by atoms with E-state index in [9.17, 15) is 0 Å². The molecule has 0 saturated heterocycles. The van der Waals surface area contributed by atoms with E-state index in [1.54, 1.807) is 13.3 Å². The number of fused-ring (bicyclic) bond motifs is 1. The number of methoxy groups -OCH3 is 1. The number of nitrogens with two attached hydrogens (primary N) is 1. The Hall–Kier alpha value is -1.77. The molecule has 0 saturated carbocycles. The smallest absolute Gasteiger partial charge is 0.137 e. The Balaban J connectivity index is 2.66. The molecule has 0 aliphatic heterocycles. The highest BCUT2D eigenvalue weighted by Gasteiger charge is 1.97. The molecule has 1 aromatic carbocycles. The third kappa shape index (κ3) is 1.40. The van der Waals surface area contributed by atoms with E-state index in [1.165, 1.54) is 0 Å². The van der Waals surface area contributed by atoms with Gasteiger partial charge in [-0.2, -0.15) is 0 Å². The molecule has 0 bridgehead atoms. The van der Waals surface area contributed by atoms with Gasteiger partial charge in [-0.3, -0.25) is 4.98 Å². The van der Waals surface area contributed by atoms with Crippen molar-refractivity contribution in [2.75, 3.05) is 12.8 Å². The van der Waals surface area contributed by atoms with Crippen molar-refractivity contribution in [1.29, 1.82) is 0 Å². The Morgan fingerprint density at radius 2 is 2.15 bits per heavy atom. The van der Waals surface area contributed by atoms with Crippen LogP contribution in [-0.4, -0.2) is 12.1 Å². The summed E-state index contributed by atoms with van der Waals surface area (Å²) in [6, 6.07) is 7.56. The van der Waals surface area contributed by atoms with Crippen molar-refractivity contribution in [3.63, 3.8) is 0 Å². The Labute approximate surface area is 76.2 Å². The van der Waals surface area contributed by atoms with E-state index in [4.69, 9.17) is 10.5 Å². The number of hydrogen-bond acceptors (Lipinski definition) is 3. The van der Waals surface area contributed by atoms with Crippen LogP contribution in [0.15, 0.2) is 30.5 Å². The number of hydrogen-bond donors (Lipinski definition) is 1. The van der Waals surface area contributed by atoms with Crippen molar-refractivity contribution in [1.82, 2.24) is 4.98 Å². The van der Waals surface area contributed by atoms with Gasteiger partial charge in [-0.15, -0.1) is 0 Å². The number of ether oxygens (including phenoxy) is 1. The van der Waals surface area contributed by atoms with Crippen molar-refractivity contribution in [3.8, 4) is 5.75 Å². The number of rotatable bonds is 1. The van der Waals surface area contributed by atoms with Gasteiger partial charge in [0.05, 0.1) is 18.8 Å². The van der Waals surface area contributed by atoms with E-state index >= 15 is 0 Å². The van der Waals surface area contributed by atoms with E-state index in [0.29, 0.717) is 0 Å². The second-order valence-electron chi connectivity index (χ2n) is 2.83. The molecule has 0 atom stereocenters. The summed E-state index contributed by atoms with van der Waals surface area (Å²) in [5.41, 5.74) is 7.24. The van der Waals surface area contributed by atoms with E-state index in [-0.39, 0.29) is 0 Å². The molecule has 0 aliphatic rings. The van der Waals surface area contributed by atoms with Crippen LogP contribution >= 0.6 is 0 Å². The highest BCUT2D eigenvalue weighted by atomic mass is 16.5. The predicted molar refractivity (Wildman–Crippen MR) is 52.7 cm³/mol. The minimum absolute atomic E-state index is 0.727. The number of nitrogen functional groups attached to an aromatic ring is 1. The monoisotopic (exact) mass is 174 g/mol. The standard InChI is InChI=1S/C10H10N2O/c1-13-9-4-7-2-3-8(11)5-10(7)12-6-9/h2-6H,11H2,1H3. The molecule has 3 heteroatoms. The lowest BCUT2D eigenvalue weighted by molar-refractivity contribution is 0.414. The largest absolute Gasteiger partial charge is 0.495 e. The quantitative estimate of drug-likeness (QED) is 0.671. The van der Waals surface area contributed by atoms with E-state index < -0.39 is 0 Å². The highest BCUT2D eigenvalue weighted by molar-refractivity contribution is 5.82. The first-order chi connectivity index (χ1) is 6.29. The third-order valence-electron chi connectivity index (χ3n) is 1.92. The minimum Gasteiger partial charge on any atom is -0.495 e. The van der Waals surface area contributed by atoms with Crippen LogP contribution in [0.1, 0.15) is 0 Å². The zero-order valence-electron chi connectivity index (χ0n) is 7.32. The Morgan fingerprint density at radius 1 is 1.31 bits per heavy atom. The average Bonchev–Trinajstić information content (AvgIpc) is 2.17. The highest BCUT2D eigenvalue weighted by Crippen LogP contribution is 2.19. The lowest BCUT2D eigenvalue weighted by Gasteiger charge is -2.01. The first-order valence-corrected chi connectivity index (χ1v) is 3.99. The first-order valence-electron chi connectivity index (χ1n) is 3.99. The Bertz CT molecular complexity index is 440. The van der Waals surface area contributed by atoms with Crippen molar-refractivity contribution in [2.45, 2.75) is 0 Å². The summed E-state index contributed by atoms with van der Waals surface area (Å²) in [6.45, 7) is 0. The van der Waals surface area contributed by atoms with Gasteiger partial charge in [-0.05, 0) is 18.2 Å². The van der Waals surface area contributed by atoms with Gasteiger partial charge in [0.1, 0.15) is 5.75 Å². The zero-order chi connectivity index (χ0) is 9.26. The summed E-state index contributed by atoms with van der Waals surface area (Å²) in [4.78, 5) is 4.21. The van der Waals surface area contributed by atoms with Gasteiger partial charge in [0, 0.05) is 11.1 Å². The molecule has 2 N–H and O–H groups in total. The van der Waals surface area contributed by atoms with Crippen molar-refractivity contribution in [3.05, 3.63) is 30.5 Å². The van der Waals surface area contributed by atoms with Gasteiger partial charge in [-0.25, -0.2) is 0 Å². The van der Waals surface area contributed by atoms with Crippen LogP contribution in [0.25, 0.3) is 10.9 Å². The van der Waals surface area contributed by atoms with Crippen LogP contribution in [0.3, 0.4) is 0 Å². The Morgan fingerprint density at radius 3 is 2.92 bits per heavy atom. The fourth-order valence-electron chi connectivity index (χ4n) is 1.23. The summed E-state index contributed by atoms with van der Waals surface area (Å²) in [5.74, 6) is 0.761. The lowest BCUT2D eigenvalue weighted by atomic mass is 10.2. The second-order valence-corrected chi connectivity index (χ2v) is 2.83. The molecule has 1 heterocycles. The van der Waals surface area contributed by atoms with Crippen LogP contribution in [0.5, 0.6) is 5.75 Å². The molecule has 3 nitrogen and oxygen atoms in total. The minimum atomic E-state index is 0.727. The zero-order valence-corrected chi connectivity index (χ0v) is 7.32. The molecule has 1 aromatic heterocycles. The molecule has 0 radical (unpaired) electrons. The van der Waals surface area contributed by atoms with Crippen molar-refractivity contribution < 1.29 is 4.74 Å². The maximum absolute atomic E-state index is 5.62. The fraction of sp³-hybridized carbons (Fsp3) is 0.100. The number of pyridine rings is 1. The van der Waals surface area contributed by atoms with Crippen molar-refractivity contribution >= 4 is 16.6 Å². The SMILES string of the molecule is COc1cnc2cc(N)ccc2c1. The predicted octanol–water partition coefficient (Wildman–Crippen LogP) is 1.83. The molecule has 13 heavy (non-hydrogen) atoms. The average molecular weight is 174 g/mol. The van der Waals surface area contributed by atoms with Crippen LogP contribution in [0, 0.1) is 0 Å². The number of aromatic nitrogens is 1. The number of nitrogens with zero attached hydrogens (tertiary/aromatic N) is 1. The third-order valence-corrected chi connectivity index (χ3v) is 1.92. The normalized spacial score (nSPS) is 10.2. The van der Waals surface area contributed by atoms with E-state index in [2.05, 4.69) is 4.98 Å². The van der Waals surface area contributed by atoms with Crippen LogP contribution in [0.2, 0.25) is 0 Å². The molecule has 0 amide bonds. The molecule has 0 spiro atoms. The number of anilines is 1. The molecule has 2 rings (SSSR count). The van der Waals surface area contributed by atoms with Gasteiger partial charge < -0.3 is 10.5 Å². The van der Waals surface area contributed by atoms with Gasteiger partial charge in [-0.1, -0.05) is 6.07 Å². The maximum Gasteiger partial charge on any atom is 0.137 e. The van der Waals surface area contributed by atoms with Crippen LogP contribution in [0.4, 0.5) is 5.69 Å². The lowest BCUT2D eigenvalue weighted by Crippen LogP contribution is -1.88. The summed E-state index contributed by atoms with van der Waals surface area (Å²) in [5, 5.41) is 1.04. The molecular weight excluding hydrogens is 164 g/mol. The Kier molecular flexibility index (Phi) is 1.77. The molecule has 0 unspecified atom stereocenters. The van der Waals surface area contributed by atoms with Gasteiger partial charge in [0.15, 0.2) is 0 Å². The van der Waals surface area contributed by atoms with Crippen LogP contribution < -0.4 is 10.5 Å².